The van der Waals surface area contributed by atoms with Crippen molar-refractivity contribution in [2.24, 2.45) is 0 Å². The van der Waals surface area contributed by atoms with Crippen molar-refractivity contribution < 1.29 is 4.79 Å². The quantitative estimate of drug-likeness (QED) is 0.907. The molecule has 0 saturated carbocycles. The molecule has 0 saturated heterocycles. The smallest absolute Gasteiger partial charge is 0.251 e. The molecule has 0 radical (unpaired) electrons. The van der Waals surface area contributed by atoms with Gasteiger partial charge in [0, 0.05) is 16.6 Å². The second kappa shape index (κ2) is 6.53. The van der Waals surface area contributed by atoms with Gasteiger partial charge in [-0.15, -0.1) is 0 Å². The van der Waals surface area contributed by atoms with Crippen molar-refractivity contribution in [3.05, 3.63) is 70.2 Å². The maximum atomic E-state index is 12.0. The van der Waals surface area contributed by atoms with E-state index in [1.165, 1.54) is 5.56 Å². The van der Waals surface area contributed by atoms with Gasteiger partial charge in [0.05, 0.1) is 0 Å². The molecule has 2 aromatic rings. The Morgan fingerprint density at radius 2 is 1.89 bits per heavy atom. The molecular formula is C16H16BrNO. The number of hydrogen-bond acceptors (Lipinski definition) is 1. The van der Waals surface area contributed by atoms with Crippen molar-refractivity contribution in [3.8, 4) is 0 Å². The lowest BCUT2D eigenvalue weighted by atomic mass is 10.0. The second-order valence-electron chi connectivity index (χ2n) is 4.53. The molecule has 1 amide bonds. The normalized spacial score (nSPS) is 11.9. The Morgan fingerprint density at radius 3 is 2.58 bits per heavy atom. The lowest BCUT2D eigenvalue weighted by Gasteiger charge is -2.13. The summed E-state index contributed by atoms with van der Waals surface area (Å²) in [5.74, 6) is 0.265. The first-order valence-corrected chi connectivity index (χ1v) is 7.05. The van der Waals surface area contributed by atoms with Crippen LogP contribution in [-0.2, 0) is 0 Å². The van der Waals surface area contributed by atoms with E-state index in [2.05, 4.69) is 40.3 Å². The monoisotopic (exact) mass is 317 g/mol. The molecule has 98 valence electrons. The van der Waals surface area contributed by atoms with Gasteiger partial charge in [0.1, 0.15) is 0 Å². The molecule has 2 nitrogen and oxygen atoms in total. The minimum atomic E-state index is -0.0379. The molecule has 0 aromatic heterocycles. The van der Waals surface area contributed by atoms with Gasteiger partial charge in [-0.3, -0.25) is 4.79 Å². The molecule has 0 bridgehead atoms. The van der Waals surface area contributed by atoms with E-state index in [0.29, 0.717) is 18.0 Å². The average Bonchev–Trinajstić information content (AvgIpc) is 2.45. The van der Waals surface area contributed by atoms with Crippen LogP contribution in [0, 0.1) is 0 Å². The molecule has 0 spiro atoms. The van der Waals surface area contributed by atoms with Crippen LogP contribution in [-0.4, -0.2) is 12.5 Å². The largest absolute Gasteiger partial charge is 0.351 e. The zero-order chi connectivity index (χ0) is 13.7. The number of carbonyl (C=O) groups is 1. The number of halogens is 1. The maximum absolute atomic E-state index is 12.0. The predicted octanol–water partition coefficient (Wildman–Crippen LogP) is 3.98. The van der Waals surface area contributed by atoms with Crippen molar-refractivity contribution in [2.45, 2.75) is 12.8 Å². The maximum Gasteiger partial charge on any atom is 0.251 e. The first-order chi connectivity index (χ1) is 9.16. The Kier molecular flexibility index (Phi) is 4.74. The number of benzene rings is 2. The summed E-state index contributed by atoms with van der Waals surface area (Å²) < 4.78 is 0.913. The molecule has 19 heavy (non-hydrogen) atoms. The van der Waals surface area contributed by atoms with E-state index < -0.39 is 0 Å². The zero-order valence-electron chi connectivity index (χ0n) is 10.8. The summed E-state index contributed by atoms with van der Waals surface area (Å²) in [5.41, 5.74) is 1.91. The van der Waals surface area contributed by atoms with Gasteiger partial charge in [0.25, 0.3) is 5.91 Å². The molecular weight excluding hydrogens is 302 g/mol. The highest BCUT2D eigenvalue weighted by molar-refractivity contribution is 9.10. The van der Waals surface area contributed by atoms with Gasteiger partial charge in [-0.1, -0.05) is 59.3 Å². The Hall–Kier alpha value is -1.61. The third kappa shape index (κ3) is 3.93. The molecule has 2 aromatic carbocycles. The standard InChI is InChI=1S/C16H16BrNO/c1-12(13-6-3-2-4-7-13)11-18-16(19)14-8-5-9-15(17)10-14/h2-10,12H,11H2,1H3,(H,18,19)/t12-/m0/s1. The van der Waals surface area contributed by atoms with E-state index in [1.54, 1.807) is 0 Å². The fraction of sp³-hybridized carbons (Fsp3) is 0.188. The highest BCUT2D eigenvalue weighted by Crippen LogP contribution is 2.14. The molecule has 3 heteroatoms. The van der Waals surface area contributed by atoms with E-state index in [1.807, 2.05) is 42.5 Å². The molecule has 1 N–H and O–H groups in total. The van der Waals surface area contributed by atoms with Crippen LogP contribution < -0.4 is 5.32 Å². The minimum absolute atomic E-state index is 0.0379. The van der Waals surface area contributed by atoms with E-state index in [0.717, 1.165) is 4.47 Å². The van der Waals surface area contributed by atoms with Crippen LogP contribution >= 0.6 is 15.9 Å². The molecule has 2 rings (SSSR count). The lowest BCUT2D eigenvalue weighted by molar-refractivity contribution is 0.0951. The van der Waals surface area contributed by atoms with Gasteiger partial charge >= 0.3 is 0 Å². The van der Waals surface area contributed by atoms with Gasteiger partial charge in [-0.2, -0.15) is 0 Å². The molecule has 0 heterocycles. The van der Waals surface area contributed by atoms with Crippen molar-refractivity contribution in [1.82, 2.24) is 5.32 Å². The molecule has 0 unspecified atom stereocenters. The summed E-state index contributed by atoms with van der Waals surface area (Å²) in [7, 11) is 0. The molecule has 0 fully saturated rings. The van der Waals surface area contributed by atoms with E-state index >= 15 is 0 Å². The van der Waals surface area contributed by atoms with Crippen LogP contribution in [0.3, 0.4) is 0 Å². The van der Waals surface area contributed by atoms with Gasteiger partial charge in [-0.25, -0.2) is 0 Å². The number of amides is 1. The summed E-state index contributed by atoms with van der Waals surface area (Å²) >= 11 is 3.37. The van der Waals surface area contributed by atoms with Gasteiger partial charge in [0.15, 0.2) is 0 Å². The number of rotatable bonds is 4. The molecule has 1 atom stereocenters. The van der Waals surface area contributed by atoms with Gasteiger partial charge in [-0.05, 0) is 29.7 Å². The van der Waals surface area contributed by atoms with E-state index in [4.69, 9.17) is 0 Å². The van der Waals surface area contributed by atoms with Crippen LogP contribution in [0.4, 0.5) is 0 Å². The van der Waals surface area contributed by atoms with Crippen molar-refractivity contribution in [3.63, 3.8) is 0 Å². The number of carbonyl (C=O) groups excluding carboxylic acids is 1. The minimum Gasteiger partial charge on any atom is -0.351 e. The van der Waals surface area contributed by atoms with E-state index in [-0.39, 0.29) is 5.91 Å². The Bertz CT molecular complexity index is 554. The van der Waals surface area contributed by atoms with Crippen LogP contribution in [0.15, 0.2) is 59.1 Å². The van der Waals surface area contributed by atoms with Crippen LogP contribution in [0.5, 0.6) is 0 Å². The lowest BCUT2D eigenvalue weighted by Crippen LogP contribution is -2.27. The summed E-state index contributed by atoms with van der Waals surface area (Å²) in [6.45, 7) is 2.74. The number of hydrogen-bond donors (Lipinski definition) is 1. The van der Waals surface area contributed by atoms with Crippen LogP contribution in [0.2, 0.25) is 0 Å². The Balaban J connectivity index is 1.94. The second-order valence-corrected chi connectivity index (χ2v) is 5.45. The Labute approximate surface area is 122 Å². The van der Waals surface area contributed by atoms with Crippen LogP contribution in [0.1, 0.15) is 28.8 Å². The topological polar surface area (TPSA) is 29.1 Å². The molecule has 0 aliphatic rings. The zero-order valence-corrected chi connectivity index (χ0v) is 12.4. The van der Waals surface area contributed by atoms with Gasteiger partial charge in [0.2, 0.25) is 0 Å². The summed E-state index contributed by atoms with van der Waals surface area (Å²) in [6, 6.07) is 17.6. The summed E-state index contributed by atoms with van der Waals surface area (Å²) in [5, 5.41) is 2.96. The fourth-order valence-corrected chi connectivity index (χ4v) is 2.28. The summed E-state index contributed by atoms with van der Waals surface area (Å²) in [4.78, 5) is 12.0. The van der Waals surface area contributed by atoms with E-state index in [9.17, 15) is 4.79 Å². The highest BCUT2D eigenvalue weighted by atomic mass is 79.9. The van der Waals surface area contributed by atoms with Crippen LogP contribution in [0.25, 0.3) is 0 Å². The average molecular weight is 318 g/mol. The van der Waals surface area contributed by atoms with Crippen molar-refractivity contribution in [1.29, 1.82) is 0 Å². The van der Waals surface area contributed by atoms with Crippen molar-refractivity contribution >= 4 is 21.8 Å². The highest BCUT2D eigenvalue weighted by Gasteiger charge is 2.09. The third-order valence-corrected chi connectivity index (χ3v) is 3.52. The SMILES string of the molecule is C[C@@H](CNC(=O)c1cccc(Br)c1)c1ccccc1. The predicted molar refractivity (Wildman–Crippen MR) is 81.3 cm³/mol. The summed E-state index contributed by atoms with van der Waals surface area (Å²) in [6.07, 6.45) is 0. The first-order valence-electron chi connectivity index (χ1n) is 6.25. The van der Waals surface area contributed by atoms with Crippen molar-refractivity contribution in [2.75, 3.05) is 6.54 Å². The van der Waals surface area contributed by atoms with Gasteiger partial charge < -0.3 is 5.32 Å². The first kappa shape index (κ1) is 13.8. The Morgan fingerprint density at radius 1 is 1.16 bits per heavy atom. The number of nitrogens with one attached hydrogen (secondary N) is 1. The molecule has 0 aliphatic carbocycles. The fourth-order valence-electron chi connectivity index (χ4n) is 1.88. The third-order valence-electron chi connectivity index (χ3n) is 3.02. The molecule has 0 aliphatic heterocycles.